The van der Waals surface area contributed by atoms with Gasteiger partial charge in [0.05, 0.1) is 21.6 Å². The number of non-ortho nitro benzene ring substituents is 1. The van der Waals surface area contributed by atoms with Gasteiger partial charge in [-0.05, 0) is 24.3 Å². The standard InChI is InChI=1S/C17H16N6O8/c1-18-16(25)20-9-3-6-14(12(7-9)21-17(26)19-2)31-15(24)11-5-4-10(22(27)28)8-13(11)23(29)30/h3-8H,1-2H3,(H2,18,20,25)(H2,19,21,26). The highest BCUT2D eigenvalue weighted by Crippen LogP contribution is 2.31. The lowest BCUT2D eigenvalue weighted by atomic mass is 10.1. The summed E-state index contributed by atoms with van der Waals surface area (Å²) in [5.41, 5.74) is -1.72. The number of anilines is 2. The van der Waals surface area contributed by atoms with Crippen LogP contribution >= 0.6 is 0 Å². The third-order valence-electron chi connectivity index (χ3n) is 3.75. The Morgan fingerprint density at radius 1 is 0.871 bits per heavy atom. The first kappa shape index (κ1) is 22.5. The average Bonchev–Trinajstić information content (AvgIpc) is 2.74. The lowest BCUT2D eigenvalue weighted by Crippen LogP contribution is -2.26. The van der Waals surface area contributed by atoms with Gasteiger partial charge >= 0.3 is 18.0 Å². The Labute approximate surface area is 173 Å². The van der Waals surface area contributed by atoms with Crippen LogP contribution in [0.15, 0.2) is 36.4 Å². The largest absolute Gasteiger partial charge is 0.421 e. The maximum atomic E-state index is 12.5. The molecule has 162 valence electrons. The number of hydrogen-bond acceptors (Lipinski definition) is 8. The lowest BCUT2D eigenvalue weighted by molar-refractivity contribution is -0.394. The highest BCUT2D eigenvalue weighted by molar-refractivity contribution is 5.98. The van der Waals surface area contributed by atoms with Crippen molar-refractivity contribution in [2.75, 3.05) is 24.7 Å². The molecule has 0 aliphatic rings. The second-order valence-corrected chi connectivity index (χ2v) is 5.72. The van der Waals surface area contributed by atoms with Gasteiger partial charge in [0.25, 0.3) is 11.4 Å². The summed E-state index contributed by atoms with van der Waals surface area (Å²) in [6.45, 7) is 0. The molecule has 0 unspecified atom stereocenters. The van der Waals surface area contributed by atoms with Gasteiger partial charge < -0.3 is 26.0 Å². The molecular formula is C17H16N6O8. The van der Waals surface area contributed by atoms with Gasteiger partial charge in [-0.2, -0.15) is 0 Å². The highest BCUT2D eigenvalue weighted by Gasteiger charge is 2.26. The maximum absolute atomic E-state index is 12.5. The molecule has 0 saturated heterocycles. The number of benzene rings is 2. The number of amides is 4. The zero-order valence-corrected chi connectivity index (χ0v) is 16.1. The van der Waals surface area contributed by atoms with Gasteiger partial charge in [-0.25, -0.2) is 14.4 Å². The average molecular weight is 432 g/mol. The van der Waals surface area contributed by atoms with Crippen molar-refractivity contribution >= 4 is 40.8 Å². The number of nitrogens with zero attached hydrogens (tertiary/aromatic N) is 2. The number of nitrogens with one attached hydrogen (secondary N) is 4. The Morgan fingerprint density at radius 2 is 1.52 bits per heavy atom. The molecule has 2 aromatic rings. The van der Waals surface area contributed by atoms with Crippen molar-refractivity contribution < 1.29 is 29.0 Å². The minimum Gasteiger partial charge on any atom is -0.421 e. The Balaban J connectivity index is 2.41. The van der Waals surface area contributed by atoms with E-state index < -0.39 is 44.8 Å². The molecule has 0 spiro atoms. The third kappa shape index (κ3) is 5.63. The van der Waals surface area contributed by atoms with Gasteiger partial charge in [0.1, 0.15) is 5.56 Å². The topological polar surface area (TPSA) is 195 Å². The minimum absolute atomic E-state index is 0.0360. The predicted molar refractivity (Wildman–Crippen MR) is 107 cm³/mol. The predicted octanol–water partition coefficient (Wildman–Crippen LogP) is 2.22. The van der Waals surface area contributed by atoms with Crippen LogP contribution in [-0.4, -0.2) is 42.0 Å². The Hall–Kier alpha value is -4.75. The number of carbonyl (C=O) groups is 3. The van der Waals surface area contributed by atoms with Crippen LogP contribution in [0.1, 0.15) is 10.4 Å². The summed E-state index contributed by atoms with van der Waals surface area (Å²) < 4.78 is 5.17. The highest BCUT2D eigenvalue weighted by atomic mass is 16.6. The summed E-state index contributed by atoms with van der Waals surface area (Å²) in [7, 11) is 2.74. The molecule has 0 aliphatic carbocycles. The molecule has 0 aliphatic heterocycles. The smallest absolute Gasteiger partial charge is 0.350 e. The number of urea groups is 2. The molecule has 0 aromatic heterocycles. The van der Waals surface area contributed by atoms with Gasteiger partial charge in [-0.15, -0.1) is 0 Å². The van der Waals surface area contributed by atoms with Gasteiger partial charge in [-0.1, -0.05) is 0 Å². The van der Waals surface area contributed by atoms with Crippen molar-refractivity contribution in [2.24, 2.45) is 0 Å². The lowest BCUT2D eigenvalue weighted by Gasteiger charge is -2.13. The van der Waals surface area contributed by atoms with E-state index in [1.54, 1.807) is 0 Å². The molecule has 0 heterocycles. The molecule has 0 saturated carbocycles. The van der Waals surface area contributed by atoms with Crippen molar-refractivity contribution in [3.05, 3.63) is 62.2 Å². The number of nitro benzene ring substituents is 2. The zero-order valence-electron chi connectivity index (χ0n) is 16.1. The molecular weight excluding hydrogens is 416 g/mol. The van der Waals surface area contributed by atoms with Crippen LogP contribution in [0.3, 0.4) is 0 Å². The fraction of sp³-hybridized carbons (Fsp3) is 0.118. The molecule has 2 aromatic carbocycles. The summed E-state index contributed by atoms with van der Waals surface area (Å²) in [6.07, 6.45) is 0. The summed E-state index contributed by atoms with van der Waals surface area (Å²) in [4.78, 5) is 56.0. The van der Waals surface area contributed by atoms with Crippen molar-refractivity contribution in [1.82, 2.24) is 10.6 Å². The molecule has 0 bridgehead atoms. The number of rotatable bonds is 6. The molecule has 2 rings (SSSR count). The third-order valence-corrected chi connectivity index (χ3v) is 3.75. The van der Waals surface area contributed by atoms with E-state index in [-0.39, 0.29) is 17.1 Å². The number of esters is 1. The van der Waals surface area contributed by atoms with Crippen LogP contribution in [0.4, 0.5) is 32.3 Å². The summed E-state index contributed by atoms with van der Waals surface area (Å²) in [5, 5.41) is 31.6. The van der Waals surface area contributed by atoms with Crippen molar-refractivity contribution in [2.45, 2.75) is 0 Å². The van der Waals surface area contributed by atoms with Gasteiger partial charge in [0.2, 0.25) is 0 Å². The zero-order chi connectivity index (χ0) is 23.1. The first-order chi connectivity index (χ1) is 14.7. The molecule has 0 atom stereocenters. The minimum atomic E-state index is -1.19. The van der Waals surface area contributed by atoms with Crippen molar-refractivity contribution in [1.29, 1.82) is 0 Å². The first-order valence-electron chi connectivity index (χ1n) is 8.42. The number of nitro groups is 2. The van der Waals surface area contributed by atoms with E-state index >= 15 is 0 Å². The normalized spacial score (nSPS) is 9.87. The molecule has 31 heavy (non-hydrogen) atoms. The van der Waals surface area contributed by atoms with Crippen LogP contribution in [0.5, 0.6) is 5.75 Å². The Morgan fingerprint density at radius 3 is 2.10 bits per heavy atom. The SMILES string of the molecule is CNC(=O)Nc1ccc(OC(=O)c2ccc([N+](=O)[O-])cc2[N+](=O)[O-])c(NC(=O)NC)c1. The number of ether oxygens (including phenoxy) is 1. The number of carbonyl (C=O) groups excluding carboxylic acids is 3. The second-order valence-electron chi connectivity index (χ2n) is 5.72. The van der Waals surface area contributed by atoms with Crippen molar-refractivity contribution in [3.63, 3.8) is 0 Å². The summed E-state index contributed by atoms with van der Waals surface area (Å²) >= 11 is 0. The van der Waals surface area contributed by atoms with Crippen LogP contribution < -0.4 is 26.0 Å². The van der Waals surface area contributed by atoms with E-state index in [4.69, 9.17) is 4.74 Å². The van der Waals surface area contributed by atoms with E-state index in [0.717, 1.165) is 12.1 Å². The van der Waals surface area contributed by atoms with E-state index in [9.17, 15) is 34.6 Å². The molecule has 0 fully saturated rings. The molecule has 14 heteroatoms. The summed E-state index contributed by atoms with van der Waals surface area (Å²) in [5.74, 6) is -1.38. The van der Waals surface area contributed by atoms with Gasteiger partial charge in [0.15, 0.2) is 5.75 Å². The maximum Gasteiger partial charge on any atom is 0.350 e. The molecule has 4 amide bonds. The quantitative estimate of drug-likeness (QED) is 0.231. The van der Waals surface area contributed by atoms with Crippen LogP contribution in [0.2, 0.25) is 0 Å². The molecule has 4 N–H and O–H groups in total. The monoisotopic (exact) mass is 432 g/mol. The van der Waals surface area contributed by atoms with Crippen LogP contribution in [0, 0.1) is 20.2 Å². The molecule has 14 nitrogen and oxygen atoms in total. The van der Waals surface area contributed by atoms with E-state index in [1.807, 2.05) is 0 Å². The summed E-state index contributed by atoms with van der Waals surface area (Å²) in [6, 6.07) is 5.12. The first-order valence-corrected chi connectivity index (χ1v) is 8.42. The fourth-order valence-electron chi connectivity index (χ4n) is 2.28. The number of hydrogen-bond donors (Lipinski definition) is 4. The van der Waals surface area contributed by atoms with E-state index in [0.29, 0.717) is 6.07 Å². The van der Waals surface area contributed by atoms with Crippen LogP contribution in [0.25, 0.3) is 0 Å². The van der Waals surface area contributed by atoms with Crippen molar-refractivity contribution in [3.8, 4) is 5.75 Å². The fourth-order valence-corrected chi connectivity index (χ4v) is 2.28. The Kier molecular flexibility index (Phi) is 7.01. The van der Waals surface area contributed by atoms with Gasteiger partial charge in [-0.3, -0.25) is 20.2 Å². The van der Waals surface area contributed by atoms with Gasteiger partial charge in [0, 0.05) is 25.8 Å². The second kappa shape index (κ2) is 9.64. The van der Waals surface area contributed by atoms with Crippen LogP contribution in [-0.2, 0) is 0 Å². The molecule has 0 radical (unpaired) electrons. The Bertz CT molecular complexity index is 1070. The van der Waals surface area contributed by atoms with E-state index in [1.165, 1.54) is 32.3 Å². The van der Waals surface area contributed by atoms with E-state index in [2.05, 4.69) is 21.3 Å².